The number of nitrogens with zero attached hydrogens (tertiary/aromatic N) is 5. The summed E-state index contributed by atoms with van der Waals surface area (Å²) in [5.74, 6) is -2.02. The van der Waals surface area contributed by atoms with Crippen molar-refractivity contribution in [1.29, 1.82) is 0 Å². The highest BCUT2D eigenvalue weighted by Gasteiger charge is 2.36. The maximum atomic E-state index is 14.3. The van der Waals surface area contributed by atoms with E-state index < -0.39 is 51.9 Å². The van der Waals surface area contributed by atoms with Gasteiger partial charge in [-0.2, -0.15) is 31.4 Å². The van der Waals surface area contributed by atoms with Gasteiger partial charge in [0, 0.05) is 13.2 Å². The zero-order valence-electron chi connectivity index (χ0n) is 22.0. The molecule has 0 saturated heterocycles. The molecule has 1 aliphatic carbocycles. The second-order valence-electron chi connectivity index (χ2n) is 9.15. The first-order valence-electron chi connectivity index (χ1n) is 12.4. The van der Waals surface area contributed by atoms with Gasteiger partial charge in [-0.3, -0.25) is 9.59 Å². The molecule has 0 radical (unpaired) electrons. The molecule has 5 N–H and O–H groups in total. The van der Waals surface area contributed by atoms with Crippen LogP contribution in [0.1, 0.15) is 49.7 Å². The van der Waals surface area contributed by atoms with Crippen LogP contribution in [0.3, 0.4) is 0 Å². The van der Waals surface area contributed by atoms with Crippen LogP contribution in [0.5, 0.6) is 0 Å². The number of aromatic nitrogens is 6. The lowest BCUT2D eigenvalue weighted by Gasteiger charge is -2.10. The van der Waals surface area contributed by atoms with Crippen molar-refractivity contribution in [2.24, 2.45) is 7.05 Å². The first-order chi connectivity index (χ1) is 19.6. The van der Waals surface area contributed by atoms with Gasteiger partial charge >= 0.3 is 12.4 Å². The maximum Gasteiger partial charge on any atom is 0.423 e. The van der Waals surface area contributed by atoms with Gasteiger partial charge in [-0.1, -0.05) is 38.5 Å². The van der Waals surface area contributed by atoms with Crippen molar-refractivity contribution in [3.05, 3.63) is 68.5 Å². The summed E-state index contributed by atoms with van der Waals surface area (Å²) in [5, 5.41) is 4.77. The van der Waals surface area contributed by atoms with Crippen LogP contribution in [0.4, 0.5) is 42.2 Å². The highest BCUT2D eigenvalue weighted by atomic mass is 19.4. The number of nitrogen functional groups attached to an aromatic ring is 2. The molecule has 4 aromatic rings. The molecule has 5 rings (SSSR count). The normalized spacial score (nSPS) is 13.5. The van der Waals surface area contributed by atoms with Gasteiger partial charge in [0.15, 0.2) is 5.82 Å². The fourth-order valence-electron chi connectivity index (χ4n) is 3.91. The number of hydrogen-bond acceptors (Lipinski definition) is 8. The Morgan fingerprint density at radius 1 is 0.881 bits per heavy atom. The number of benzene rings is 1. The largest absolute Gasteiger partial charge is 0.423 e. The minimum absolute atomic E-state index is 0.0288. The Bertz CT molecular complexity index is 1650. The number of aryl methyl sites for hydroxylation is 1. The van der Waals surface area contributed by atoms with Crippen molar-refractivity contribution < 1.29 is 30.7 Å². The monoisotopic (exact) mass is 602 g/mol. The van der Waals surface area contributed by atoms with E-state index in [0.29, 0.717) is 6.20 Å². The van der Waals surface area contributed by atoms with Crippen LogP contribution in [0.2, 0.25) is 0 Å². The summed E-state index contributed by atoms with van der Waals surface area (Å²) in [6.07, 6.45) is 2.02. The van der Waals surface area contributed by atoms with E-state index >= 15 is 0 Å². The average molecular weight is 603 g/mol. The van der Waals surface area contributed by atoms with E-state index in [1.807, 2.05) is 0 Å². The third-order valence-electron chi connectivity index (χ3n) is 6.04. The van der Waals surface area contributed by atoms with Crippen LogP contribution < -0.4 is 22.6 Å². The standard InChI is InChI=1S/C14H9F4N5O.C6H12.C5H4F3N3O/c1-23-5-21-10-3-6(9(15)2-7(10)13(23)24)12-20-4-8(11(19)22-12)14(16,17)18;1-2-4-6-5-3-1;6-5(7,8)3-2(9)1-10-11-4(3)12/h2-5H,1H3,(H2,19,20,22);1-6H2;1H,(H3,9,11,12). The number of anilines is 2. The first kappa shape index (κ1) is 32.0. The number of halogens is 7. The molecule has 0 aliphatic heterocycles. The Morgan fingerprint density at radius 3 is 1.95 bits per heavy atom. The minimum Gasteiger partial charge on any atom is -0.397 e. The summed E-state index contributed by atoms with van der Waals surface area (Å²) in [5.41, 5.74) is 5.07. The van der Waals surface area contributed by atoms with E-state index in [1.165, 1.54) is 62.5 Å². The van der Waals surface area contributed by atoms with E-state index in [9.17, 15) is 40.3 Å². The smallest absolute Gasteiger partial charge is 0.397 e. The molecular formula is C25H25F7N8O2. The van der Waals surface area contributed by atoms with Crippen LogP contribution >= 0.6 is 0 Å². The van der Waals surface area contributed by atoms with Crippen LogP contribution in [-0.4, -0.2) is 29.7 Å². The minimum atomic E-state index is -4.74. The number of H-pyrrole nitrogens is 1. The third kappa shape index (κ3) is 7.79. The fourth-order valence-corrected chi connectivity index (χ4v) is 3.91. The molecule has 3 heterocycles. The molecule has 3 aromatic heterocycles. The predicted octanol–water partition coefficient (Wildman–Crippen LogP) is 4.84. The SMILES string of the molecule is C1CCCCC1.Cn1cnc2cc(-c3ncc(C(F)(F)F)c(N)n3)c(F)cc2c1=O.Nc1cn[nH]c(=O)c1C(F)(F)F. The second kappa shape index (κ2) is 12.9. The summed E-state index contributed by atoms with van der Waals surface area (Å²) >= 11 is 0. The molecule has 0 unspecified atom stereocenters. The Labute approximate surface area is 232 Å². The van der Waals surface area contributed by atoms with E-state index in [4.69, 9.17) is 11.5 Å². The second-order valence-corrected chi connectivity index (χ2v) is 9.15. The Hall–Kier alpha value is -4.57. The number of hydrogen-bond donors (Lipinski definition) is 3. The molecule has 0 atom stereocenters. The Balaban J connectivity index is 0.000000221. The molecule has 1 aromatic carbocycles. The lowest BCUT2D eigenvalue weighted by atomic mass is 10.0. The van der Waals surface area contributed by atoms with E-state index in [-0.39, 0.29) is 22.3 Å². The lowest BCUT2D eigenvalue weighted by molar-refractivity contribution is -0.138. The summed E-state index contributed by atoms with van der Waals surface area (Å²) in [6.45, 7) is 0. The van der Waals surface area contributed by atoms with E-state index in [0.717, 1.165) is 12.3 Å². The van der Waals surface area contributed by atoms with Crippen molar-refractivity contribution in [3.8, 4) is 11.4 Å². The highest BCUT2D eigenvalue weighted by Crippen LogP contribution is 2.33. The number of aromatic amines is 1. The molecule has 0 amide bonds. The van der Waals surface area contributed by atoms with Crippen LogP contribution in [0.25, 0.3) is 22.3 Å². The molecule has 1 fully saturated rings. The molecule has 10 nitrogen and oxygen atoms in total. The van der Waals surface area contributed by atoms with Crippen molar-refractivity contribution in [3.63, 3.8) is 0 Å². The van der Waals surface area contributed by atoms with Gasteiger partial charge in [0.25, 0.3) is 11.1 Å². The van der Waals surface area contributed by atoms with E-state index in [2.05, 4.69) is 20.1 Å². The summed E-state index contributed by atoms with van der Waals surface area (Å²) < 4.78 is 89.4. The Kier molecular flexibility index (Phi) is 9.85. The van der Waals surface area contributed by atoms with Gasteiger partial charge in [-0.25, -0.2) is 24.4 Å². The lowest BCUT2D eigenvalue weighted by Crippen LogP contribution is -2.24. The van der Waals surface area contributed by atoms with Gasteiger partial charge < -0.3 is 16.0 Å². The molecule has 1 aliphatic rings. The van der Waals surface area contributed by atoms with Crippen molar-refractivity contribution in [2.75, 3.05) is 11.5 Å². The molecule has 0 spiro atoms. The maximum absolute atomic E-state index is 14.3. The number of nitrogens with two attached hydrogens (primary N) is 2. The van der Waals surface area contributed by atoms with Crippen LogP contribution in [0.15, 0.2) is 40.4 Å². The van der Waals surface area contributed by atoms with Crippen LogP contribution in [0, 0.1) is 5.82 Å². The number of nitrogens with one attached hydrogen (secondary N) is 1. The molecular weight excluding hydrogens is 577 g/mol. The van der Waals surface area contributed by atoms with Gasteiger partial charge in [0.1, 0.15) is 22.8 Å². The van der Waals surface area contributed by atoms with Gasteiger partial charge in [-0.05, 0) is 12.1 Å². The summed E-state index contributed by atoms with van der Waals surface area (Å²) in [7, 11) is 1.46. The van der Waals surface area contributed by atoms with E-state index in [1.54, 1.807) is 5.10 Å². The van der Waals surface area contributed by atoms with Crippen molar-refractivity contribution >= 4 is 22.4 Å². The number of fused-ring (bicyclic) bond motifs is 1. The molecule has 17 heteroatoms. The third-order valence-corrected chi connectivity index (χ3v) is 6.04. The summed E-state index contributed by atoms with van der Waals surface area (Å²) in [4.78, 5) is 33.5. The fraction of sp³-hybridized carbons (Fsp3) is 0.360. The van der Waals surface area contributed by atoms with Gasteiger partial charge in [0.05, 0.1) is 34.7 Å². The van der Waals surface area contributed by atoms with Gasteiger partial charge in [-0.15, -0.1) is 0 Å². The Morgan fingerprint density at radius 2 is 1.48 bits per heavy atom. The van der Waals surface area contributed by atoms with Crippen molar-refractivity contribution in [2.45, 2.75) is 50.9 Å². The van der Waals surface area contributed by atoms with Gasteiger partial charge in [0.2, 0.25) is 0 Å². The van der Waals surface area contributed by atoms with Crippen molar-refractivity contribution in [1.82, 2.24) is 29.7 Å². The molecule has 0 bridgehead atoms. The topological polar surface area (TPSA) is 158 Å². The number of alkyl halides is 6. The summed E-state index contributed by atoms with van der Waals surface area (Å²) in [6, 6.07) is 2.13. The zero-order valence-corrected chi connectivity index (χ0v) is 22.0. The number of rotatable bonds is 1. The molecule has 1 saturated carbocycles. The molecule has 226 valence electrons. The molecule has 42 heavy (non-hydrogen) atoms. The predicted molar refractivity (Wildman–Crippen MR) is 139 cm³/mol. The highest BCUT2D eigenvalue weighted by molar-refractivity contribution is 5.82. The zero-order chi connectivity index (χ0) is 31.2. The quantitative estimate of drug-likeness (QED) is 0.261. The first-order valence-corrected chi connectivity index (χ1v) is 12.4. The van der Waals surface area contributed by atoms with Crippen LogP contribution in [-0.2, 0) is 19.4 Å². The average Bonchev–Trinajstić information content (AvgIpc) is 2.91.